The largest absolute Gasteiger partial charge is 0.367 e. The average molecular weight is 331 g/mol. The smallest absolute Gasteiger partial charge is 0.253 e. The molecule has 122 valence electrons. The molecule has 23 heavy (non-hydrogen) atoms. The minimum Gasteiger partial charge on any atom is -0.367 e. The molecule has 0 spiro atoms. The van der Waals surface area contributed by atoms with E-state index in [2.05, 4.69) is 27.2 Å². The number of nitrogens with zero attached hydrogens (tertiary/aromatic N) is 4. The molecular formula is C16H21N5OS. The van der Waals surface area contributed by atoms with Crippen LogP contribution in [-0.4, -0.2) is 45.6 Å². The lowest BCUT2D eigenvalue weighted by Gasteiger charge is -2.16. The Balaban J connectivity index is 1.56. The van der Waals surface area contributed by atoms with Gasteiger partial charge in [0.05, 0.1) is 22.5 Å². The number of aromatic nitrogens is 3. The van der Waals surface area contributed by atoms with E-state index in [4.69, 9.17) is 0 Å². The number of hydrogen-bond acceptors (Lipinski definition) is 5. The summed E-state index contributed by atoms with van der Waals surface area (Å²) in [5.74, 6) is 0.925. The predicted molar refractivity (Wildman–Crippen MR) is 91.9 cm³/mol. The van der Waals surface area contributed by atoms with Crippen LogP contribution >= 0.6 is 11.8 Å². The lowest BCUT2D eigenvalue weighted by Crippen LogP contribution is -2.37. The van der Waals surface area contributed by atoms with Crippen molar-refractivity contribution < 1.29 is 4.79 Å². The number of carbonyl (C=O) groups excluding carboxylic acids is 1. The van der Waals surface area contributed by atoms with E-state index in [1.54, 1.807) is 22.6 Å². The number of hydrogen-bond donors (Lipinski definition) is 1. The van der Waals surface area contributed by atoms with Crippen LogP contribution in [0.4, 0.5) is 5.69 Å². The van der Waals surface area contributed by atoms with Crippen LogP contribution in [0.25, 0.3) is 0 Å². The van der Waals surface area contributed by atoms with Crippen molar-refractivity contribution in [2.75, 3.05) is 23.7 Å². The summed E-state index contributed by atoms with van der Waals surface area (Å²) in [6.07, 6.45) is 6.45. The molecule has 7 heteroatoms. The summed E-state index contributed by atoms with van der Waals surface area (Å²) in [7, 11) is 1.91. The third-order valence-corrected chi connectivity index (χ3v) is 4.70. The Morgan fingerprint density at radius 1 is 1.43 bits per heavy atom. The normalized spacial score (nSPS) is 17.5. The van der Waals surface area contributed by atoms with E-state index in [9.17, 15) is 4.79 Å². The standard InChI is InChI=1S/C16H21N5OS/c1-3-23-15-5-4-12(8-17-15)16(22)19-13-6-7-21(10-13)14-9-18-20(2)11-14/h4-5,8-9,11,13H,3,6-7,10H2,1-2H3,(H,19,22)/t13-/m0/s1. The van der Waals surface area contributed by atoms with Crippen molar-refractivity contribution in [1.82, 2.24) is 20.1 Å². The fraction of sp³-hybridized carbons (Fsp3) is 0.438. The first kappa shape index (κ1) is 15.9. The number of anilines is 1. The Kier molecular flexibility index (Phi) is 4.85. The summed E-state index contributed by atoms with van der Waals surface area (Å²) in [6.45, 7) is 3.83. The highest BCUT2D eigenvalue weighted by Gasteiger charge is 2.25. The molecule has 1 aliphatic rings. The molecule has 0 unspecified atom stereocenters. The van der Waals surface area contributed by atoms with E-state index >= 15 is 0 Å². The van der Waals surface area contributed by atoms with Crippen molar-refractivity contribution in [3.63, 3.8) is 0 Å². The molecule has 0 aromatic carbocycles. The van der Waals surface area contributed by atoms with Crippen molar-refractivity contribution in [2.24, 2.45) is 7.05 Å². The molecule has 3 rings (SSSR count). The molecule has 2 aromatic heterocycles. The highest BCUT2D eigenvalue weighted by molar-refractivity contribution is 7.99. The molecule has 1 aliphatic heterocycles. The zero-order chi connectivity index (χ0) is 16.2. The third-order valence-electron chi connectivity index (χ3n) is 3.87. The molecular weight excluding hydrogens is 310 g/mol. The molecule has 1 atom stereocenters. The molecule has 1 N–H and O–H groups in total. The SMILES string of the molecule is CCSc1ccc(C(=O)N[C@H]2CCN(c3cnn(C)c3)C2)cn1. The summed E-state index contributed by atoms with van der Waals surface area (Å²) in [6, 6.07) is 3.90. The van der Waals surface area contributed by atoms with Crippen molar-refractivity contribution >= 4 is 23.4 Å². The van der Waals surface area contributed by atoms with Crippen molar-refractivity contribution in [3.8, 4) is 0 Å². The number of pyridine rings is 1. The number of carbonyl (C=O) groups is 1. The molecule has 1 fully saturated rings. The van der Waals surface area contributed by atoms with Gasteiger partial charge in [-0.1, -0.05) is 6.92 Å². The Hall–Kier alpha value is -2.02. The summed E-state index contributed by atoms with van der Waals surface area (Å²) in [5.41, 5.74) is 1.72. The van der Waals surface area contributed by atoms with Gasteiger partial charge in [-0.2, -0.15) is 5.10 Å². The zero-order valence-electron chi connectivity index (χ0n) is 13.4. The topological polar surface area (TPSA) is 63.1 Å². The van der Waals surface area contributed by atoms with Gasteiger partial charge < -0.3 is 10.2 Å². The second-order valence-electron chi connectivity index (χ2n) is 5.60. The lowest BCUT2D eigenvalue weighted by molar-refractivity contribution is 0.0940. The number of rotatable bonds is 5. The van der Waals surface area contributed by atoms with Crippen molar-refractivity contribution in [3.05, 3.63) is 36.3 Å². The maximum Gasteiger partial charge on any atom is 0.253 e. The minimum absolute atomic E-state index is 0.0522. The lowest BCUT2D eigenvalue weighted by atomic mass is 10.2. The van der Waals surface area contributed by atoms with Gasteiger partial charge in [-0.05, 0) is 24.3 Å². The summed E-state index contributed by atoms with van der Waals surface area (Å²) in [4.78, 5) is 18.9. The van der Waals surface area contributed by atoms with E-state index in [1.165, 1.54) is 0 Å². The second-order valence-corrected chi connectivity index (χ2v) is 6.88. The number of nitrogens with one attached hydrogen (secondary N) is 1. The maximum atomic E-state index is 12.3. The van der Waals surface area contributed by atoms with Crippen LogP contribution in [0, 0.1) is 0 Å². The first-order valence-corrected chi connectivity index (χ1v) is 8.77. The molecule has 0 radical (unpaired) electrons. The van der Waals surface area contributed by atoms with Crippen molar-refractivity contribution in [2.45, 2.75) is 24.4 Å². The third kappa shape index (κ3) is 3.85. The minimum atomic E-state index is -0.0522. The Morgan fingerprint density at radius 3 is 2.96 bits per heavy atom. The summed E-state index contributed by atoms with van der Waals surface area (Å²) in [5, 5.41) is 8.25. The molecule has 1 amide bonds. The first-order chi connectivity index (χ1) is 11.2. The molecule has 1 saturated heterocycles. The van der Waals surface area contributed by atoms with Gasteiger partial charge in [0, 0.05) is 38.6 Å². The highest BCUT2D eigenvalue weighted by Crippen LogP contribution is 2.20. The maximum absolute atomic E-state index is 12.3. The van der Waals surface area contributed by atoms with Crippen LogP contribution in [0.5, 0.6) is 0 Å². The predicted octanol–water partition coefficient (Wildman–Crippen LogP) is 1.94. The molecule has 3 heterocycles. The van der Waals surface area contributed by atoms with Gasteiger partial charge in [0.25, 0.3) is 5.91 Å². The van der Waals surface area contributed by atoms with Gasteiger partial charge in [-0.3, -0.25) is 9.48 Å². The number of amides is 1. The van der Waals surface area contributed by atoms with Crippen LogP contribution in [0.15, 0.2) is 35.7 Å². The van der Waals surface area contributed by atoms with E-state index in [0.717, 1.165) is 36.0 Å². The highest BCUT2D eigenvalue weighted by atomic mass is 32.2. The van der Waals surface area contributed by atoms with Crippen LogP contribution in [-0.2, 0) is 7.05 Å². The summed E-state index contributed by atoms with van der Waals surface area (Å²) >= 11 is 1.67. The van der Waals surface area contributed by atoms with Gasteiger partial charge in [0.2, 0.25) is 0 Å². The van der Waals surface area contributed by atoms with E-state index in [1.807, 2.05) is 31.6 Å². The van der Waals surface area contributed by atoms with Gasteiger partial charge in [0.1, 0.15) is 0 Å². The van der Waals surface area contributed by atoms with Crippen molar-refractivity contribution in [1.29, 1.82) is 0 Å². The molecule has 2 aromatic rings. The van der Waals surface area contributed by atoms with Crippen LogP contribution < -0.4 is 10.2 Å². The monoisotopic (exact) mass is 331 g/mol. The van der Waals surface area contributed by atoms with Gasteiger partial charge in [0.15, 0.2) is 0 Å². The fourth-order valence-corrected chi connectivity index (χ4v) is 3.29. The molecule has 6 nitrogen and oxygen atoms in total. The van der Waals surface area contributed by atoms with Gasteiger partial charge >= 0.3 is 0 Å². The quantitative estimate of drug-likeness (QED) is 0.848. The van der Waals surface area contributed by atoms with E-state index in [0.29, 0.717) is 5.56 Å². The average Bonchev–Trinajstić information content (AvgIpc) is 3.17. The Bertz CT molecular complexity index is 669. The summed E-state index contributed by atoms with van der Waals surface area (Å²) < 4.78 is 1.79. The number of thioether (sulfide) groups is 1. The molecule has 0 saturated carbocycles. The Labute approximate surface area is 140 Å². The second kappa shape index (κ2) is 7.04. The first-order valence-electron chi connectivity index (χ1n) is 7.79. The molecule has 0 aliphatic carbocycles. The fourth-order valence-electron chi connectivity index (χ4n) is 2.70. The van der Waals surface area contributed by atoms with Gasteiger partial charge in [-0.15, -0.1) is 11.8 Å². The van der Waals surface area contributed by atoms with E-state index < -0.39 is 0 Å². The number of aryl methyl sites for hydroxylation is 1. The Morgan fingerprint density at radius 2 is 2.30 bits per heavy atom. The molecule has 0 bridgehead atoms. The van der Waals surface area contributed by atoms with Gasteiger partial charge in [-0.25, -0.2) is 4.98 Å². The zero-order valence-corrected chi connectivity index (χ0v) is 14.2. The van der Waals surface area contributed by atoms with Crippen LogP contribution in [0.1, 0.15) is 23.7 Å². The van der Waals surface area contributed by atoms with E-state index in [-0.39, 0.29) is 11.9 Å². The van der Waals surface area contributed by atoms with Crippen LogP contribution in [0.3, 0.4) is 0 Å². The van der Waals surface area contributed by atoms with Crippen LogP contribution in [0.2, 0.25) is 0 Å².